The van der Waals surface area contributed by atoms with E-state index < -0.39 is 0 Å². The van der Waals surface area contributed by atoms with E-state index in [4.69, 9.17) is 26.8 Å². The molecule has 0 spiro atoms. The monoisotopic (exact) mass is 277 g/mol. The molecule has 2 aromatic rings. The summed E-state index contributed by atoms with van der Waals surface area (Å²) >= 11 is 6.05. The molecule has 0 aromatic heterocycles. The number of hydrogen-bond donors (Lipinski definition) is 1. The van der Waals surface area contributed by atoms with Crippen molar-refractivity contribution in [1.29, 1.82) is 0 Å². The normalized spacial score (nSPS) is 10.5. The third kappa shape index (κ3) is 3.32. The number of rotatable bonds is 4. The Bertz CT molecular complexity index is 570. The van der Waals surface area contributed by atoms with Gasteiger partial charge in [-0.05, 0) is 38.1 Å². The molecule has 0 aliphatic carbocycles. The Morgan fingerprint density at radius 1 is 0.947 bits per heavy atom. The summed E-state index contributed by atoms with van der Waals surface area (Å²) in [7, 11) is 0. The zero-order valence-corrected chi connectivity index (χ0v) is 11.6. The molecule has 0 unspecified atom stereocenters. The lowest BCUT2D eigenvalue weighted by molar-refractivity contribution is 0.243. The molecule has 0 bridgehead atoms. The number of ether oxygens (including phenoxy) is 2. The van der Waals surface area contributed by atoms with Crippen molar-refractivity contribution in [3.8, 4) is 17.2 Å². The van der Waals surface area contributed by atoms with Crippen LogP contribution in [0.2, 0.25) is 5.02 Å². The quantitative estimate of drug-likeness (QED) is 0.837. The molecular formula is C15H16ClNO2. The Labute approximate surface area is 117 Å². The molecule has 0 aliphatic rings. The van der Waals surface area contributed by atoms with Gasteiger partial charge in [0.05, 0.1) is 11.1 Å². The standard InChI is InChI=1S/C15H16ClNO2/c1-10(2)18-13-8-5-9-14(15(13)17)19-12-7-4-3-6-11(12)16/h3-10H,17H2,1-2H3. The molecule has 2 rings (SSSR count). The second kappa shape index (κ2) is 5.85. The molecular weight excluding hydrogens is 262 g/mol. The lowest BCUT2D eigenvalue weighted by atomic mass is 10.2. The molecule has 0 heterocycles. The first kappa shape index (κ1) is 13.6. The Hall–Kier alpha value is -1.87. The van der Waals surface area contributed by atoms with Gasteiger partial charge in [0.25, 0.3) is 0 Å². The molecule has 4 heteroatoms. The molecule has 0 amide bonds. The van der Waals surface area contributed by atoms with Gasteiger partial charge in [0.15, 0.2) is 5.75 Å². The Morgan fingerprint density at radius 3 is 2.26 bits per heavy atom. The van der Waals surface area contributed by atoms with Crippen molar-refractivity contribution in [2.75, 3.05) is 5.73 Å². The number of halogens is 1. The van der Waals surface area contributed by atoms with Crippen LogP contribution in [0.5, 0.6) is 17.2 Å². The maximum atomic E-state index is 6.05. The van der Waals surface area contributed by atoms with Crippen LogP contribution in [0.1, 0.15) is 13.8 Å². The van der Waals surface area contributed by atoms with Gasteiger partial charge in [-0.15, -0.1) is 0 Å². The van der Waals surface area contributed by atoms with E-state index in [1.54, 1.807) is 18.2 Å². The molecule has 0 saturated carbocycles. The van der Waals surface area contributed by atoms with Crippen LogP contribution in [0.3, 0.4) is 0 Å². The summed E-state index contributed by atoms with van der Waals surface area (Å²) in [5.41, 5.74) is 6.51. The minimum Gasteiger partial charge on any atom is -0.489 e. The van der Waals surface area contributed by atoms with E-state index in [0.717, 1.165) is 0 Å². The molecule has 2 aromatic carbocycles. The summed E-state index contributed by atoms with van der Waals surface area (Å²) in [4.78, 5) is 0. The summed E-state index contributed by atoms with van der Waals surface area (Å²) in [6.45, 7) is 3.89. The van der Waals surface area contributed by atoms with Gasteiger partial charge in [-0.2, -0.15) is 0 Å². The lowest BCUT2D eigenvalue weighted by Crippen LogP contribution is -2.07. The molecule has 19 heavy (non-hydrogen) atoms. The van der Waals surface area contributed by atoms with Crippen LogP contribution < -0.4 is 15.2 Å². The lowest BCUT2D eigenvalue weighted by Gasteiger charge is -2.15. The van der Waals surface area contributed by atoms with Crippen molar-refractivity contribution >= 4 is 17.3 Å². The highest BCUT2D eigenvalue weighted by atomic mass is 35.5. The van der Waals surface area contributed by atoms with Gasteiger partial charge >= 0.3 is 0 Å². The molecule has 0 fully saturated rings. The van der Waals surface area contributed by atoms with Crippen molar-refractivity contribution in [2.24, 2.45) is 0 Å². The fraction of sp³-hybridized carbons (Fsp3) is 0.200. The fourth-order valence-electron chi connectivity index (χ4n) is 1.62. The number of anilines is 1. The average molecular weight is 278 g/mol. The Balaban J connectivity index is 2.28. The first-order valence-corrected chi connectivity index (χ1v) is 6.43. The fourth-order valence-corrected chi connectivity index (χ4v) is 1.79. The van der Waals surface area contributed by atoms with Crippen molar-refractivity contribution in [3.63, 3.8) is 0 Å². The third-order valence-corrected chi connectivity index (χ3v) is 2.76. The third-order valence-electron chi connectivity index (χ3n) is 2.45. The number of hydrogen-bond acceptors (Lipinski definition) is 3. The number of nitrogens with two attached hydrogens (primary N) is 1. The maximum Gasteiger partial charge on any atom is 0.154 e. The van der Waals surface area contributed by atoms with Crippen LogP contribution in [0.4, 0.5) is 5.69 Å². The number of benzene rings is 2. The van der Waals surface area contributed by atoms with E-state index in [0.29, 0.717) is 28.0 Å². The summed E-state index contributed by atoms with van der Waals surface area (Å²) in [6.07, 6.45) is 0.0536. The zero-order valence-electron chi connectivity index (χ0n) is 10.9. The second-order valence-electron chi connectivity index (χ2n) is 4.37. The zero-order chi connectivity index (χ0) is 13.8. The first-order valence-electron chi connectivity index (χ1n) is 6.05. The largest absolute Gasteiger partial charge is 0.489 e. The van der Waals surface area contributed by atoms with Crippen LogP contribution in [0.25, 0.3) is 0 Å². The van der Waals surface area contributed by atoms with Gasteiger partial charge in [-0.3, -0.25) is 0 Å². The van der Waals surface area contributed by atoms with Gasteiger partial charge in [0.2, 0.25) is 0 Å². The second-order valence-corrected chi connectivity index (χ2v) is 4.77. The van der Waals surface area contributed by atoms with E-state index >= 15 is 0 Å². The van der Waals surface area contributed by atoms with Gasteiger partial charge in [0.1, 0.15) is 17.2 Å². The van der Waals surface area contributed by atoms with E-state index in [9.17, 15) is 0 Å². The van der Waals surface area contributed by atoms with Crippen molar-refractivity contribution in [1.82, 2.24) is 0 Å². The van der Waals surface area contributed by atoms with Crippen molar-refractivity contribution in [2.45, 2.75) is 20.0 Å². The predicted octanol–water partition coefficient (Wildman–Crippen LogP) is 4.50. The van der Waals surface area contributed by atoms with E-state index in [-0.39, 0.29) is 6.10 Å². The van der Waals surface area contributed by atoms with Crippen LogP contribution in [0.15, 0.2) is 42.5 Å². The number of para-hydroxylation sites is 2. The van der Waals surface area contributed by atoms with Gasteiger partial charge in [0, 0.05) is 0 Å². The van der Waals surface area contributed by atoms with Crippen LogP contribution >= 0.6 is 11.6 Å². The molecule has 0 radical (unpaired) electrons. The smallest absolute Gasteiger partial charge is 0.154 e. The minimum atomic E-state index is 0.0536. The molecule has 100 valence electrons. The maximum absolute atomic E-state index is 6.05. The highest BCUT2D eigenvalue weighted by Crippen LogP contribution is 2.37. The predicted molar refractivity (Wildman–Crippen MR) is 78.1 cm³/mol. The van der Waals surface area contributed by atoms with Crippen LogP contribution in [0, 0.1) is 0 Å². The molecule has 0 saturated heterocycles. The van der Waals surface area contributed by atoms with Crippen LogP contribution in [-0.4, -0.2) is 6.10 Å². The van der Waals surface area contributed by atoms with Gasteiger partial charge in [-0.1, -0.05) is 29.8 Å². The summed E-state index contributed by atoms with van der Waals surface area (Å²) in [5, 5.41) is 0.539. The Morgan fingerprint density at radius 2 is 1.58 bits per heavy atom. The minimum absolute atomic E-state index is 0.0536. The molecule has 2 N–H and O–H groups in total. The van der Waals surface area contributed by atoms with Gasteiger partial charge < -0.3 is 15.2 Å². The SMILES string of the molecule is CC(C)Oc1cccc(Oc2ccccc2Cl)c1N. The average Bonchev–Trinajstić information content (AvgIpc) is 2.36. The van der Waals surface area contributed by atoms with E-state index in [1.165, 1.54) is 0 Å². The first-order chi connectivity index (χ1) is 9.08. The molecule has 0 aliphatic heterocycles. The summed E-state index contributed by atoms with van der Waals surface area (Å²) in [5.74, 6) is 1.71. The Kier molecular flexibility index (Phi) is 4.17. The van der Waals surface area contributed by atoms with E-state index in [2.05, 4.69) is 0 Å². The summed E-state index contributed by atoms with van der Waals surface area (Å²) < 4.78 is 11.3. The van der Waals surface area contributed by atoms with Crippen molar-refractivity contribution < 1.29 is 9.47 Å². The summed E-state index contributed by atoms with van der Waals surface area (Å²) in [6, 6.07) is 12.7. The highest BCUT2D eigenvalue weighted by molar-refractivity contribution is 6.32. The van der Waals surface area contributed by atoms with E-state index in [1.807, 2.05) is 38.1 Å². The molecule has 3 nitrogen and oxygen atoms in total. The topological polar surface area (TPSA) is 44.5 Å². The van der Waals surface area contributed by atoms with Gasteiger partial charge in [-0.25, -0.2) is 0 Å². The van der Waals surface area contributed by atoms with Crippen LogP contribution in [-0.2, 0) is 0 Å². The van der Waals surface area contributed by atoms with Crippen molar-refractivity contribution in [3.05, 3.63) is 47.5 Å². The molecule has 0 atom stereocenters. The highest BCUT2D eigenvalue weighted by Gasteiger charge is 2.10. The number of nitrogen functional groups attached to an aromatic ring is 1.